The molecule has 88 valence electrons. The Morgan fingerprint density at radius 2 is 1.75 bits per heavy atom. The zero-order valence-electron chi connectivity index (χ0n) is 9.87. The lowest BCUT2D eigenvalue weighted by Crippen LogP contribution is -2.14. The summed E-state index contributed by atoms with van der Waals surface area (Å²) in [5.74, 6) is 0.889. The molecule has 1 atom stereocenters. The SMILES string of the molecule is ClC(Cc1ccccc1)CC1CCCCC1. The molecule has 1 aliphatic rings. The average molecular weight is 237 g/mol. The molecule has 1 aromatic carbocycles. The lowest BCUT2D eigenvalue weighted by atomic mass is 9.85. The van der Waals surface area contributed by atoms with E-state index in [1.165, 1.54) is 44.1 Å². The Hall–Kier alpha value is -0.490. The van der Waals surface area contributed by atoms with E-state index in [1.807, 2.05) is 0 Å². The third-order valence-corrected chi connectivity index (χ3v) is 3.95. The van der Waals surface area contributed by atoms with Crippen LogP contribution in [-0.2, 0) is 6.42 Å². The minimum absolute atomic E-state index is 0.325. The van der Waals surface area contributed by atoms with Crippen LogP contribution >= 0.6 is 11.6 Å². The van der Waals surface area contributed by atoms with E-state index in [1.54, 1.807) is 0 Å². The van der Waals surface area contributed by atoms with Crippen LogP contribution in [0, 0.1) is 5.92 Å². The van der Waals surface area contributed by atoms with Crippen molar-refractivity contribution in [3.05, 3.63) is 35.9 Å². The van der Waals surface area contributed by atoms with Crippen LogP contribution in [0.3, 0.4) is 0 Å². The molecule has 2 rings (SSSR count). The van der Waals surface area contributed by atoms with Gasteiger partial charge >= 0.3 is 0 Å². The lowest BCUT2D eigenvalue weighted by molar-refractivity contribution is 0.334. The third-order valence-electron chi connectivity index (χ3n) is 3.61. The summed E-state index contributed by atoms with van der Waals surface area (Å²) in [6.45, 7) is 0. The fourth-order valence-electron chi connectivity index (χ4n) is 2.74. The minimum atomic E-state index is 0.325. The zero-order valence-corrected chi connectivity index (χ0v) is 10.6. The second kappa shape index (κ2) is 6.30. The highest BCUT2D eigenvalue weighted by Gasteiger charge is 2.17. The summed E-state index contributed by atoms with van der Waals surface area (Å²) in [6, 6.07) is 10.6. The van der Waals surface area contributed by atoms with Crippen LogP contribution in [0.15, 0.2) is 30.3 Å². The maximum absolute atomic E-state index is 6.45. The summed E-state index contributed by atoms with van der Waals surface area (Å²) in [6.07, 6.45) is 9.30. The molecule has 0 radical (unpaired) electrons. The van der Waals surface area contributed by atoms with E-state index in [0.717, 1.165) is 12.3 Å². The Morgan fingerprint density at radius 3 is 2.44 bits per heavy atom. The van der Waals surface area contributed by atoms with E-state index >= 15 is 0 Å². The molecule has 0 bridgehead atoms. The number of halogens is 1. The molecule has 0 amide bonds. The number of rotatable bonds is 4. The van der Waals surface area contributed by atoms with Crippen molar-refractivity contribution in [2.75, 3.05) is 0 Å². The highest BCUT2D eigenvalue weighted by molar-refractivity contribution is 6.20. The van der Waals surface area contributed by atoms with E-state index in [0.29, 0.717) is 5.38 Å². The number of hydrogen-bond donors (Lipinski definition) is 0. The first kappa shape index (κ1) is 12.0. The first-order valence-corrected chi connectivity index (χ1v) is 6.96. The molecule has 0 aliphatic heterocycles. The molecule has 0 nitrogen and oxygen atoms in total. The van der Waals surface area contributed by atoms with Crippen molar-refractivity contribution in [3.8, 4) is 0 Å². The van der Waals surface area contributed by atoms with Gasteiger partial charge in [0, 0.05) is 5.38 Å². The van der Waals surface area contributed by atoms with Gasteiger partial charge in [-0.2, -0.15) is 0 Å². The van der Waals surface area contributed by atoms with E-state index in [-0.39, 0.29) is 0 Å². The summed E-state index contributed by atoms with van der Waals surface area (Å²) in [5.41, 5.74) is 1.37. The van der Waals surface area contributed by atoms with E-state index in [9.17, 15) is 0 Å². The predicted molar refractivity (Wildman–Crippen MR) is 71.0 cm³/mol. The molecule has 1 aliphatic carbocycles. The highest BCUT2D eigenvalue weighted by Crippen LogP contribution is 2.29. The fourth-order valence-corrected chi connectivity index (χ4v) is 3.17. The van der Waals surface area contributed by atoms with Crippen molar-refractivity contribution in [2.24, 2.45) is 5.92 Å². The topological polar surface area (TPSA) is 0 Å². The normalized spacial score (nSPS) is 19.6. The van der Waals surface area contributed by atoms with Gasteiger partial charge in [0.1, 0.15) is 0 Å². The molecule has 1 unspecified atom stereocenters. The molecular formula is C15H21Cl. The number of benzene rings is 1. The summed E-state index contributed by atoms with van der Waals surface area (Å²) in [5, 5.41) is 0.325. The van der Waals surface area contributed by atoms with Gasteiger partial charge in [-0.25, -0.2) is 0 Å². The molecule has 0 saturated heterocycles. The monoisotopic (exact) mass is 236 g/mol. The maximum Gasteiger partial charge on any atom is 0.0379 e. The Bertz CT molecular complexity index is 288. The van der Waals surface area contributed by atoms with Gasteiger partial charge in [-0.15, -0.1) is 11.6 Å². The van der Waals surface area contributed by atoms with Crippen LogP contribution in [0.4, 0.5) is 0 Å². The van der Waals surface area contributed by atoms with E-state index in [4.69, 9.17) is 11.6 Å². The second-order valence-corrected chi connectivity index (χ2v) is 5.64. The Morgan fingerprint density at radius 1 is 1.06 bits per heavy atom. The number of hydrogen-bond acceptors (Lipinski definition) is 0. The van der Waals surface area contributed by atoms with Gasteiger partial charge in [0.25, 0.3) is 0 Å². The summed E-state index contributed by atoms with van der Waals surface area (Å²) < 4.78 is 0. The van der Waals surface area contributed by atoms with E-state index in [2.05, 4.69) is 30.3 Å². The maximum atomic E-state index is 6.45. The molecule has 1 saturated carbocycles. The average Bonchev–Trinajstić information content (AvgIpc) is 2.31. The number of alkyl halides is 1. The molecule has 0 heterocycles. The molecule has 0 spiro atoms. The summed E-state index contributed by atoms with van der Waals surface area (Å²) in [4.78, 5) is 0. The van der Waals surface area contributed by atoms with Crippen molar-refractivity contribution in [3.63, 3.8) is 0 Å². The van der Waals surface area contributed by atoms with Crippen LogP contribution in [0.1, 0.15) is 44.1 Å². The quantitative estimate of drug-likeness (QED) is 0.659. The standard InChI is InChI=1S/C15H21Cl/c16-15(11-13-7-3-1-4-8-13)12-14-9-5-2-6-10-14/h1,3-4,7-8,14-15H,2,5-6,9-12H2. The zero-order chi connectivity index (χ0) is 11.2. The Kier molecular flexibility index (Phi) is 4.71. The summed E-state index contributed by atoms with van der Waals surface area (Å²) >= 11 is 6.45. The van der Waals surface area contributed by atoms with Crippen molar-refractivity contribution >= 4 is 11.6 Å². The second-order valence-electron chi connectivity index (χ2n) is 5.03. The molecule has 1 aromatic rings. The van der Waals surface area contributed by atoms with Crippen LogP contribution in [0.5, 0.6) is 0 Å². The lowest BCUT2D eigenvalue weighted by Gasteiger charge is -2.23. The largest absolute Gasteiger partial charge is 0.123 e. The Balaban J connectivity index is 1.77. The van der Waals surface area contributed by atoms with Gasteiger partial charge in [-0.3, -0.25) is 0 Å². The highest BCUT2D eigenvalue weighted by atomic mass is 35.5. The van der Waals surface area contributed by atoms with Crippen LogP contribution in [0.2, 0.25) is 0 Å². The minimum Gasteiger partial charge on any atom is -0.123 e. The first-order valence-electron chi connectivity index (χ1n) is 6.52. The van der Waals surface area contributed by atoms with Gasteiger partial charge in [0.05, 0.1) is 0 Å². The molecule has 16 heavy (non-hydrogen) atoms. The van der Waals surface area contributed by atoms with Crippen molar-refractivity contribution in [2.45, 2.75) is 50.3 Å². The van der Waals surface area contributed by atoms with Crippen LogP contribution in [0.25, 0.3) is 0 Å². The smallest absolute Gasteiger partial charge is 0.0379 e. The molecule has 0 aromatic heterocycles. The Labute approximate surface area is 104 Å². The van der Waals surface area contributed by atoms with Crippen molar-refractivity contribution < 1.29 is 0 Å². The molecule has 1 fully saturated rings. The van der Waals surface area contributed by atoms with Gasteiger partial charge < -0.3 is 0 Å². The molecule has 0 N–H and O–H groups in total. The van der Waals surface area contributed by atoms with Gasteiger partial charge in [0.15, 0.2) is 0 Å². The third kappa shape index (κ3) is 3.83. The van der Waals surface area contributed by atoms with Crippen molar-refractivity contribution in [1.29, 1.82) is 0 Å². The van der Waals surface area contributed by atoms with E-state index < -0.39 is 0 Å². The first-order chi connectivity index (χ1) is 7.84. The fraction of sp³-hybridized carbons (Fsp3) is 0.600. The van der Waals surface area contributed by atoms with Crippen LogP contribution in [-0.4, -0.2) is 5.38 Å². The molecule has 1 heteroatoms. The van der Waals surface area contributed by atoms with Crippen LogP contribution < -0.4 is 0 Å². The van der Waals surface area contributed by atoms with Gasteiger partial charge in [-0.05, 0) is 24.3 Å². The molecular weight excluding hydrogens is 216 g/mol. The van der Waals surface area contributed by atoms with Gasteiger partial charge in [0.2, 0.25) is 0 Å². The predicted octanol–water partition coefficient (Wildman–Crippen LogP) is 4.81. The van der Waals surface area contributed by atoms with Gasteiger partial charge in [-0.1, -0.05) is 62.4 Å². The summed E-state index contributed by atoms with van der Waals surface area (Å²) in [7, 11) is 0. The van der Waals surface area contributed by atoms with Crippen molar-refractivity contribution in [1.82, 2.24) is 0 Å².